The minimum atomic E-state index is -0.771. The SMILES string of the molecule is C=CCOc1ccc([C@H]2C(C(=O)OCC)=C(C)N=c3s/c(=C/c4ccc5c(c4)OCO5)c(=O)n32)cc1OCC. The van der Waals surface area contributed by atoms with Crippen LogP contribution in [0, 0.1) is 0 Å². The first-order valence-corrected chi connectivity index (χ1v) is 13.4. The molecule has 0 unspecified atom stereocenters. The molecule has 10 heteroatoms. The van der Waals surface area contributed by atoms with E-state index in [1.54, 1.807) is 38.1 Å². The van der Waals surface area contributed by atoms with Gasteiger partial charge in [-0.2, -0.15) is 0 Å². The molecule has 0 radical (unpaired) electrons. The third-order valence-electron chi connectivity index (χ3n) is 6.15. The smallest absolute Gasteiger partial charge is 0.338 e. The lowest BCUT2D eigenvalue weighted by atomic mass is 9.95. The minimum Gasteiger partial charge on any atom is -0.490 e. The lowest BCUT2D eigenvalue weighted by Crippen LogP contribution is -2.40. The fraction of sp³-hybridized carbons (Fsp3) is 0.276. The van der Waals surface area contributed by atoms with Crippen molar-refractivity contribution in [3.05, 3.63) is 91.1 Å². The summed E-state index contributed by atoms with van der Waals surface area (Å²) < 4.78 is 29.9. The summed E-state index contributed by atoms with van der Waals surface area (Å²) in [5.41, 5.74) is 1.95. The zero-order valence-electron chi connectivity index (χ0n) is 21.9. The van der Waals surface area contributed by atoms with Crippen molar-refractivity contribution in [3.8, 4) is 23.0 Å². The average molecular weight is 549 g/mol. The number of ether oxygens (including phenoxy) is 5. The van der Waals surface area contributed by atoms with E-state index < -0.39 is 12.0 Å². The van der Waals surface area contributed by atoms with E-state index in [4.69, 9.17) is 23.7 Å². The standard InChI is InChI=1S/C29H28N2O7S/c1-5-12-36-20-11-9-19(15-23(20)34-6-2)26-25(28(33)35-7-3)17(4)30-29-31(26)27(32)24(39-29)14-18-8-10-21-22(13-18)38-16-37-21/h5,8-11,13-15,26H,1,6-7,12,16H2,2-4H3/b24-14+/t26-/m0/s1. The number of aromatic nitrogens is 1. The number of nitrogens with zero attached hydrogens (tertiary/aromatic N) is 2. The van der Waals surface area contributed by atoms with Crippen LogP contribution in [0.4, 0.5) is 0 Å². The van der Waals surface area contributed by atoms with Crippen LogP contribution in [0.5, 0.6) is 23.0 Å². The maximum Gasteiger partial charge on any atom is 0.338 e. The van der Waals surface area contributed by atoms with Crippen molar-refractivity contribution in [3.63, 3.8) is 0 Å². The van der Waals surface area contributed by atoms with Crippen molar-refractivity contribution >= 4 is 23.4 Å². The van der Waals surface area contributed by atoms with E-state index in [0.717, 1.165) is 5.56 Å². The highest BCUT2D eigenvalue weighted by Gasteiger charge is 2.34. The molecule has 39 heavy (non-hydrogen) atoms. The predicted octanol–water partition coefficient (Wildman–Crippen LogP) is 3.49. The Kier molecular flexibility index (Phi) is 7.56. The van der Waals surface area contributed by atoms with E-state index in [9.17, 15) is 9.59 Å². The van der Waals surface area contributed by atoms with Crippen LogP contribution in [0.15, 0.2) is 70.1 Å². The lowest BCUT2D eigenvalue weighted by molar-refractivity contribution is -0.139. The Labute approximate surface area is 228 Å². The van der Waals surface area contributed by atoms with Gasteiger partial charge in [0, 0.05) is 0 Å². The van der Waals surface area contributed by atoms with Gasteiger partial charge in [-0.3, -0.25) is 9.36 Å². The molecule has 0 fully saturated rings. The van der Waals surface area contributed by atoms with Gasteiger partial charge in [0.25, 0.3) is 5.56 Å². The van der Waals surface area contributed by atoms with E-state index in [0.29, 0.717) is 62.4 Å². The van der Waals surface area contributed by atoms with Crippen LogP contribution in [0.1, 0.15) is 37.9 Å². The second-order valence-corrected chi connectivity index (χ2v) is 9.66. The summed E-state index contributed by atoms with van der Waals surface area (Å²) >= 11 is 1.25. The van der Waals surface area contributed by atoms with E-state index in [2.05, 4.69) is 11.6 Å². The number of hydrogen-bond donors (Lipinski definition) is 0. The van der Waals surface area contributed by atoms with Crippen molar-refractivity contribution in [2.24, 2.45) is 4.99 Å². The van der Waals surface area contributed by atoms with Gasteiger partial charge < -0.3 is 23.7 Å². The lowest BCUT2D eigenvalue weighted by Gasteiger charge is -2.25. The van der Waals surface area contributed by atoms with Crippen LogP contribution in [0.3, 0.4) is 0 Å². The Bertz CT molecular complexity index is 1650. The first-order chi connectivity index (χ1) is 18.9. The quantitative estimate of drug-likeness (QED) is 0.298. The molecule has 2 aliphatic heterocycles. The van der Waals surface area contributed by atoms with Gasteiger partial charge in [0.15, 0.2) is 27.8 Å². The van der Waals surface area contributed by atoms with Gasteiger partial charge in [-0.15, -0.1) is 0 Å². The fourth-order valence-electron chi connectivity index (χ4n) is 4.49. The second-order valence-electron chi connectivity index (χ2n) is 8.65. The summed E-state index contributed by atoms with van der Waals surface area (Å²) in [6.45, 7) is 10.1. The van der Waals surface area contributed by atoms with E-state index in [1.165, 1.54) is 15.9 Å². The van der Waals surface area contributed by atoms with Gasteiger partial charge in [-0.25, -0.2) is 9.79 Å². The number of benzene rings is 2. The molecule has 0 aliphatic carbocycles. The maximum atomic E-state index is 13.9. The number of carbonyl (C=O) groups is 1. The molecule has 2 aliphatic rings. The summed E-state index contributed by atoms with van der Waals surface area (Å²) in [5.74, 6) is 1.79. The van der Waals surface area contributed by atoms with Crippen molar-refractivity contribution in [2.45, 2.75) is 26.8 Å². The summed E-state index contributed by atoms with van der Waals surface area (Å²) in [6, 6.07) is 10.1. The molecule has 5 rings (SSSR count). The molecular weight excluding hydrogens is 520 g/mol. The molecule has 0 N–H and O–H groups in total. The van der Waals surface area contributed by atoms with Crippen molar-refractivity contribution in [1.29, 1.82) is 0 Å². The Hall–Kier alpha value is -4.31. The van der Waals surface area contributed by atoms with Crippen LogP contribution >= 0.6 is 11.3 Å². The second kappa shape index (κ2) is 11.2. The third-order valence-corrected chi connectivity index (χ3v) is 7.13. The van der Waals surface area contributed by atoms with Crippen molar-refractivity contribution in [1.82, 2.24) is 4.57 Å². The summed E-state index contributed by atoms with van der Waals surface area (Å²) in [6.07, 6.45) is 3.43. The van der Waals surface area contributed by atoms with Gasteiger partial charge in [-0.1, -0.05) is 36.1 Å². The summed E-state index contributed by atoms with van der Waals surface area (Å²) in [4.78, 5) is 32.2. The normalized spacial score (nSPS) is 16.0. The fourth-order valence-corrected chi connectivity index (χ4v) is 5.54. The van der Waals surface area contributed by atoms with Gasteiger partial charge >= 0.3 is 5.97 Å². The Morgan fingerprint density at radius 1 is 1.13 bits per heavy atom. The van der Waals surface area contributed by atoms with E-state index >= 15 is 0 Å². The number of carbonyl (C=O) groups excluding carboxylic acids is 1. The molecule has 0 saturated carbocycles. The zero-order chi connectivity index (χ0) is 27.5. The number of thiazole rings is 1. The maximum absolute atomic E-state index is 13.9. The van der Waals surface area contributed by atoms with Crippen LogP contribution in [-0.2, 0) is 9.53 Å². The molecule has 9 nitrogen and oxygen atoms in total. The number of esters is 1. The number of hydrogen-bond acceptors (Lipinski definition) is 9. The topological polar surface area (TPSA) is 97.6 Å². The van der Waals surface area contributed by atoms with Gasteiger partial charge in [0.05, 0.1) is 35.1 Å². The van der Waals surface area contributed by atoms with Crippen molar-refractivity contribution < 1.29 is 28.5 Å². The Balaban J connectivity index is 1.67. The van der Waals surface area contributed by atoms with Gasteiger partial charge in [-0.05, 0) is 62.2 Å². The largest absolute Gasteiger partial charge is 0.490 e. The number of rotatable bonds is 9. The molecule has 1 atom stereocenters. The molecule has 202 valence electrons. The Morgan fingerprint density at radius 3 is 2.72 bits per heavy atom. The molecule has 0 bridgehead atoms. The molecule has 0 spiro atoms. The molecule has 2 aromatic carbocycles. The van der Waals surface area contributed by atoms with Crippen molar-refractivity contribution in [2.75, 3.05) is 26.6 Å². The van der Waals surface area contributed by atoms with Crippen LogP contribution in [-0.4, -0.2) is 37.1 Å². The van der Waals surface area contributed by atoms with Gasteiger partial charge in [0.2, 0.25) is 6.79 Å². The molecule has 1 aromatic heterocycles. The first-order valence-electron chi connectivity index (χ1n) is 12.5. The molecular formula is C29H28N2O7S. The van der Waals surface area contributed by atoms with E-state index in [1.807, 2.05) is 31.2 Å². The monoisotopic (exact) mass is 548 g/mol. The van der Waals surface area contributed by atoms with Crippen LogP contribution < -0.4 is 33.8 Å². The minimum absolute atomic E-state index is 0.165. The highest BCUT2D eigenvalue weighted by Crippen LogP contribution is 2.36. The first kappa shape index (κ1) is 26.3. The number of fused-ring (bicyclic) bond motifs is 2. The predicted molar refractivity (Wildman–Crippen MR) is 146 cm³/mol. The molecule has 0 amide bonds. The highest BCUT2D eigenvalue weighted by atomic mass is 32.1. The zero-order valence-corrected chi connectivity index (χ0v) is 22.7. The molecule has 3 heterocycles. The summed E-state index contributed by atoms with van der Waals surface area (Å²) in [5, 5.41) is 0. The Morgan fingerprint density at radius 2 is 1.95 bits per heavy atom. The van der Waals surface area contributed by atoms with E-state index in [-0.39, 0.29) is 19.0 Å². The average Bonchev–Trinajstić information content (AvgIpc) is 3.51. The number of allylic oxidation sites excluding steroid dienone is 1. The van der Waals surface area contributed by atoms with Crippen LogP contribution in [0.25, 0.3) is 6.08 Å². The molecule has 0 saturated heterocycles. The molecule has 3 aromatic rings. The third kappa shape index (κ3) is 5.07. The summed E-state index contributed by atoms with van der Waals surface area (Å²) in [7, 11) is 0. The van der Waals surface area contributed by atoms with Crippen LogP contribution in [0.2, 0.25) is 0 Å². The highest BCUT2D eigenvalue weighted by molar-refractivity contribution is 7.07. The van der Waals surface area contributed by atoms with Gasteiger partial charge in [0.1, 0.15) is 6.61 Å².